The predicted octanol–water partition coefficient (Wildman–Crippen LogP) is 6.93. The fraction of sp³-hybridized carbons (Fsp3) is 0.680. The third-order valence-electron chi connectivity index (χ3n) is 6.66. The number of nitrogens with zero attached hydrogens (tertiary/aromatic N) is 1. The average Bonchev–Trinajstić information content (AvgIpc) is 3.23. The number of hydrogen-bond acceptors (Lipinski definition) is 4. The van der Waals surface area contributed by atoms with Crippen LogP contribution in [0.5, 0.6) is 0 Å². The van der Waals surface area contributed by atoms with E-state index in [9.17, 15) is 14.0 Å². The lowest BCUT2D eigenvalue weighted by atomic mass is 9.90. The van der Waals surface area contributed by atoms with E-state index in [0.717, 1.165) is 43.4 Å². The van der Waals surface area contributed by atoms with Crippen molar-refractivity contribution in [1.29, 1.82) is 0 Å². The zero-order valence-corrected chi connectivity index (χ0v) is 19.9. The van der Waals surface area contributed by atoms with Crippen LogP contribution >= 0.6 is 11.3 Å². The fourth-order valence-electron chi connectivity index (χ4n) is 4.86. The zero-order valence-electron chi connectivity index (χ0n) is 19.1. The number of alkyl halides is 1. The van der Waals surface area contributed by atoms with Crippen molar-refractivity contribution in [2.45, 2.75) is 96.7 Å². The molecule has 2 aliphatic rings. The number of allylic oxidation sites excluding steroid dienone is 2. The van der Waals surface area contributed by atoms with E-state index in [1.54, 1.807) is 0 Å². The Bertz CT molecular complexity index is 795. The fourth-order valence-corrected chi connectivity index (χ4v) is 5.99. The molecule has 0 aliphatic heterocycles. The number of anilines is 1. The largest absolute Gasteiger partial charge is 0.465 e. The van der Waals surface area contributed by atoms with E-state index in [1.807, 2.05) is 17.9 Å². The molecule has 172 valence electrons. The first-order valence-corrected chi connectivity index (χ1v) is 12.7. The van der Waals surface area contributed by atoms with Gasteiger partial charge in [0.2, 0.25) is 5.91 Å². The van der Waals surface area contributed by atoms with Gasteiger partial charge in [-0.05, 0) is 75.8 Å². The summed E-state index contributed by atoms with van der Waals surface area (Å²) < 4.78 is 19.0. The molecule has 0 spiro atoms. The van der Waals surface area contributed by atoms with Gasteiger partial charge in [0.15, 0.2) is 0 Å². The second-order valence-electron chi connectivity index (χ2n) is 8.80. The SMILES string of the molecule is CCCC(CC)C(=O)N(c1cc(C2=CCCCC2)sc1C(=O)OC)C1CCC(F)CC1. The molecule has 1 unspecified atom stereocenters. The Balaban J connectivity index is 2.05. The Morgan fingerprint density at radius 2 is 1.97 bits per heavy atom. The van der Waals surface area contributed by atoms with Crippen LogP contribution in [0.2, 0.25) is 0 Å². The molecule has 6 heteroatoms. The number of carbonyl (C=O) groups is 2. The van der Waals surface area contributed by atoms with Crippen molar-refractivity contribution in [2.75, 3.05) is 12.0 Å². The van der Waals surface area contributed by atoms with Crippen LogP contribution in [0.4, 0.5) is 10.1 Å². The lowest BCUT2D eigenvalue weighted by Crippen LogP contribution is -2.46. The maximum absolute atomic E-state index is 13.9. The Labute approximate surface area is 189 Å². The second kappa shape index (κ2) is 11.3. The van der Waals surface area contributed by atoms with Crippen LogP contribution in [0.15, 0.2) is 12.1 Å². The number of ether oxygens (including phenoxy) is 1. The van der Waals surface area contributed by atoms with E-state index in [4.69, 9.17) is 4.74 Å². The van der Waals surface area contributed by atoms with Crippen molar-refractivity contribution in [3.63, 3.8) is 0 Å². The molecule has 0 saturated heterocycles. The molecule has 2 aliphatic carbocycles. The average molecular weight is 450 g/mol. The molecule has 0 bridgehead atoms. The third-order valence-corrected chi connectivity index (χ3v) is 7.84. The van der Waals surface area contributed by atoms with Crippen molar-refractivity contribution in [2.24, 2.45) is 5.92 Å². The Kier molecular flexibility index (Phi) is 8.70. The first kappa shape index (κ1) is 24.0. The van der Waals surface area contributed by atoms with E-state index >= 15 is 0 Å². The molecule has 1 aromatic rings. The van der Waals surface area contributed by atoms with Crippen molar-refractivity contribution < 1.29 is 18.7 Å². The number of carbonyl (C=O) groups excluding carboxylic acids is 2. The molecular formula is C25H36FNO3S. The standard InChI is InChI=1S/C25H36FNO3S/c1-4-9-17(5-2)24(28)27(20-14-12-19(26)13-15-20)21-16-22(18-10-7-6-8-11-18)31-23(21)25(29)30-3/h10,16-17,19-20H,4-9,11-15H2,1-3H3. The molecule has 1 saturated carbocycles. The maximum Gasteiger partial charge on any atom is 0.350 e. The number of hydrogen-bond donors (Lipinski definition) is 0. The number of thiophene rings is 1. The molecule has 31 heavy (non-hydrogen) atoms. The summed E-state index contributed by atoms with van der Waals surface area (Å²) in [7, 11) is 1.39. The van der Waals surface area contributed by atoms with E-state index in [1.165, 1.54) is 30.4 Å². The molecule has 1 heterocycles. The quantitative estimate of drug-likeness (QED) is 0.404. The van der Waals surface area contributed by atoms with Crippen LogP contribution in [0.1, 0.15) is 99.0 Å². The highest BCUT2D eigenvalue weighted by atomic mass is 32.1. The zero-order chi connectivity index (χ0) is 22.4. The molecule has 0 radical (unpaired) electrons. The van der Waals surface area contributed by atoms with Crippen molar-refractivity contribution in [3.8, 4) is 0 Å². The molecule has 0 aromatic carbocycles. The van der Waals surface area contributed by atoms with Gasteiger partial charge in [0.1, 0.15) is 11.0 Å². The summed E-state index contributed by atoms with van der Waals surface area (Å²) in [5.74, 6) is -0.419. The number of halogens is 1. The van der Waals surface area contributed by atoms with Gasteiger partial charge in [0.05, 0.1) is 12.8 Å². The number of rotatable bonds is 8. The third kappa shape index (κ3) is 5.57. The molecule has 3 rings (SSSR count). The van der Waals surface area contributed by atoms with Crippen LogP contribution in [0.3, 0.4) is 0 Å². The minimum Gasteiger partial charge on any atom is -0.465 e. The van der Waals surface area contributed by atoms with E-state index in [2.05, 4.69) is 13.0 Å². The van der Waals surface area contributed by atoms with Gasteiger partial charge < -0.3 is 9.64 Å². The van der Waals surface area contributed by atoms with Gasteiger partial charge in [-0.25, -0.2) is 9.18 Å². The highest BCUT2D eigenvalue weighted by molar-refractivity contribution is 7.15. The highest BCUT2D eigenvalue weighted by Crippen LogP contribution is 2.41. The van der Waals surface area contributed by atoms with Gasteiger partial charge in [-0.15, -0.1) is 11.3 Å². The van der Waals surface area contributed by atoms with Crippen molar-refractivity contribution >= 4 is 34.5 Å². The molecular weight excluding hydrogens is 413 g/mol. The molecule has 1 amide bonds. The monoisotopic (exact) mass is 449 g/mol. The van der Waals surface area contributed by atoms with Crippen LogP contribution in [-0.2, 0) is 9.53 Å². The van der Waals surface area contributed by atoms with Crippen LogP contribution in [-0.4, -0.2) is 31.2 Å². The summed E-state index contributed by atoms with van der Waals surface area (Å²) in [5.41, 5.74) is 1.92. The van der Waals surface area contributed by atoms with Crippen molar-refractivity contribution in [3.05, 3.63) is 21.9 Å². The molecule has 1 aromatic heterocycles. The van der Waals surface area contributed by atoms with Gasteiger partial charge >= 0.3 is 5.97 Å². The van der Waals surface area contributed by atoms with Crippen molar-refractivity contribution in [1.82, 2.24) is 0 Å². The molecule has 1 atom stereocenters. The number of amides is 1. The number of methoxy groups -OCH3 is 1. The summed E-state index contributed by atoms with van der Waals surface area (Å²) in [6.07, 6.45) is 10.5. The smallest absolute Gasteiger partial charge is 0.350 e. The Morgan fingerprint density at radius 1 is 1.23 bits per heavy atom. The Morgan fingerprint density at radius 3 is 2.55 bits per heavy atom. The summed E-state index contributed by atoms with van der Waals surface area (Å²) in [6, 6.07) is 1.95. The minimum atomic E-state index is -0.795. The van der Waals surface area contributed by atoms with E-state index < -0.39 is 12.1 Å². The normalized spacial score (nSPS) is 22.5. The van der Waals surface area contributed by atoms with Gasteiger partial charge in [-0.1, -0.05) is 26.3 Å². The van der Waals surface area contributed by atoms with Crippen LogP contribution in [0, 0.1) is 5.92 Å². The van der Waals surface area contributed by atoms with E-state index in [-0.39, 0.29) is 17.9 Å². The van der Waals surface area contributed by atoms with Crippen LogP contribution in [0.25, 0.3) is 5.57 Å². The molecule has 1 fully saturated rings. The van der Waals surface area contributed by atoms with Gasteiger partial charge in [0.25, 0.3) is 0 Å². The lowest BCUT2D eigenvalue weighted by molar-refractivity contribution is -0.123. The summed E-state index contributed by atoms with van der Waals surface area (Å²) >= 11 is 1.43. The van der Waals surface area contributed by atoms with Crippen LogP contribution < -0.4 is 4.90 Å². The topological polar surface area (TPSA) is 46.6 Å². The summed E-state index contributed by atoms with van der Waals surface area (Å²) in [5, 5.41) is 0. The number of esters is 1. The first-order valence-electron chi connectivity index (χ1n) is 11.9. The van der Waals surface area contributed by atoms with Gasteiger partial charge in [0, 0.05) is 16.8 Å². The minimum absolute atomic E-state index is 0.0683. The molecule has 4 nitrogen and oxygen atoms in total. The predicted molar refractivity (Wildman–Crippen MR) is 125 cm³/mol. The summed E-state index contributed by atoms with van der Waals surface area (Å²) in [6.45, 7) is 4.13. The molecule has 0 N–H and O–H groups in total. The van der Waals surface area contributed by atoms with E-state index in [0.29, 0.717) is 36.2 Å². The van der Waals surface area contributed by atoms with Gasteiger partial charge in [-0.2, -0.15) is 0 Å². The summed E-state index contributed by atoms with van der Waals surface area (Å²) in [4.78, 5) is 29.9. The second-order valence-corrected chi connectivity index (χ2v) is 9.85. The highest BCUT2D eigenvalue weighted by Gasteiger charge is 2.36. The Hall–Kier alpha value is -1.69. The lowest BCUT2D eigenvalue weighted by Gasteiger charge is -2.37. The first-order chi connectivity index (χ1) is 15.0. The van der Waals surface area contributed by atoms with Gasteiger partial charge in [-0.3, -0.25) is 4.79 Å². The maximum atomic E-state index is 13.9.